The summed E-state index contributed by atoms with van der Waals surface area (Å²) in [6.07, 6.45) is 0. The summed E-state index contributed by atoms with van der Waals surface area (Å²) in [5, 5.41) is 0.142. The van der Waals surface area contributed by atoms with Gasteiger partial charge in [0.1, 0.15) is 5.75 Å². The van der Waals surface area contributed by atoms with Gasteiger partial charge in [-0.2, -0.15) is 0 Å². The third kappa shape index (κ3) is 4.01. The molecular formula is C11H17NO2S. The molecule has 0 radical (unpaired) electrons. The van der Waals surface area contributed by atoms with Crippen LogP contribution in [0.5, 0.6) is 5.75 Å². The number of hydrogen-bond acceptors (Lipinski definition) is 2. The van der Waals surface area contributed by atoms with Gasteiger partial charge >= 0.3 is 0 Å². The predicted molar refractivity (Wildman–Crippen MR) is 63.1 cm³/mol. The van der Waals surface area contributed by atoms with Gasteiger partial charge in [0.25, 0.3) is 0 Å². The molecule has 0 saturated carbocycles. The zero-order valence-electron chi connectivity index (χ0n) is 9.32. The lowest BCUT2D eigenvalue weighted by Gasteiger charge is -2.07. The van der Waals surface area contributed by atoms with Crippen molar-refractivity contribution in [2.24, 2.45) is 0 Å². The highest BCUT2D eigenvalue weighted by Crippen LogP contribution is 2.11. The van der Waals surface area contributed by atoms with Crippen LogP contribution >= 0.6 is 0 Å². The summed E-state index contributed by atoms with van der Waals surface area (Å²) < 4.78 is 19.4. The molecule has 4 heteroatoms. The van der Waals surface area contributed by atoms with Gasteiger partial charge in [-0.05, 0) is 31.5 Å². The maximum absolute atomic E-state index is 11.4. The van der Waals surface area contributed by atoms with Crippen molar-refractivity contribution in [1.82, 2.24) is 4.72 Å². The van der Waals surface area contributed by atoms with Gasteiger partial charge in [-0.1, -0.05) is 12.1 Å². The molecule has 0 bridgehead atoms. The summed E-state index contributed by atoms with van der Waals surface area (Å²) in [4.78, 5) is 0. The highest BCUT2D eigenvalue weighted by atomic mass is 32.2. The molecule has 0 fully saturated rings. The van der Waals surface area contributed by atoms with Crippen molar-refractivity contribution in [3.63, 3.8) is 0 Å². The lowest BCUT2D eigenvalue weighted by atomic mass is 10.2. The SMILES string of the molecule is COc1ccc(CNS(=O)C(C)C)cc1. The molecule has 0 heterocycles. The summed E-state index contributed by atoms with van der Waals surface area (Å²) in [7, 11) is 0.679. The third-order valence-electron chi connectivity index (χ3n) is 2.01. The van der Waals surface area contributed by atoms with E-state index in [1.165, 1.54) is 0 Å². The molecule has 1 aromatic carbocycles. The van der Waals surface area contributed by atoms with Crippen LogP contribution < -0.4 is 9.46 Å². The standard InChI is InChI=1S/C11H17NO2S/c1-9(2)15(13)12-8-10-4-6-11(14-3)7-5-10/h4-7,9,12H,8H2,1-3H3. The van der Waals surface area contributed by atoms with Crippen LogP contribution in [-0.4, -0.2) is 16.6 Å². The Hall–Kier alpha value is -0.870. The summed E-state index contributed by atoms with van der Waals surface area (Å²) in [6.45, 7) is 4.48. The van der Waals surface area contributed by atoms with Crippen LogP contribution in [0.25, 0.3) is 0 Å². The molecule has 0 aliphatic carbocycles. The van der Waals surface area contributed by atoms with Crippen molar-refractivity contribution >= 4 is 11.0 Å². The second-order valence-corrected chi connectivity index (χ2v) is 5.34. The van der Waals surface area contributed by atoms with Crippen molar-refractivity contribution in [3.8, 4) is 5.75 Å². The molecule has 3 nitrogen and oxygen atoms in total. The summed E-state index contributed by atoms with van der Waals surface area (Å²) >= 11 is 0. The Kier molecular flexibility index (Phi) is 4.78. The molecule has 0 saturated heterocycles. The zero-order valence-corrected chi connectivity index (χ0v) is 10.1. The van der Waals surface area contributed by atoms with Crippen LogP contribution in [0.3, 0.4) is 0 Å². The van der Waals surface area contributed by atoms with Crippen molar-refractivity contribution in [3.05, 3.63) is 29.8 Å². The van der Waals surface area contributed by atoms with Crippen LogP contribution in [0.1, 0.15) is 19.4 Å². The molecule has 84 valence electrons. The van der Waals surface area contributed by atoms with E-state index in [9.17, 15) is 4.21 Å². The molecule has 1 N–H and O–H groups in total. The highest BCUT2D eigenvalue weighted by molar-refractivity contribution is 7.83. The van der Waals surface area contributed by atoms with Gasteiger partial charge in [-0.15, -0.1) is 0 Å². The summed E-state index contributed by atoms with van der Waals surface area (Å²) in [5.74, 6) is 0.837. The van der Waals surface area contributed by atoms with Crippen molar-refractivity contribution in [1.29, 1.82) is 0 Å². The fourth-order valence-electron chi connectivity index (χ4n) is 1.06. The van der Waals surface area contributed by atoms with E-state index in [0.717, 1.165) is 11.3 Å². The largest absolute Gasteiger partial charge is 0.497 e. The molecule has 1 unspecified atom stereocenters. The van der Waals surface area contributed by atoms with E-state index in [1.54, 1.807) is 7.11 Å². The summed E-state index contributed by atoms with van der Waals surface area (Å²) in [5.41, 5.74) is 1.10. The van der Waals surface area contributed by atoms with E-state index >= 15 is 0 Å². The monoisotopic (exact) mass is 227 g/mol. The van der Waals surface area contributed by atoms with Gasteiger partial charge in [-0.3, -0.25) is 0 Å². The molecular weight excluding hydrogens is 210 g/mol. The molecule has 0 amide bonds. The van der Waals surface area contributed by atoms with E-state index in [1.807, 2.05) is 38.1 Å². The minimum Gasteiger partial charge on any atom is -0.497 e. The summed E-state index contributed by atoms with van der Waals surface area (Å²) in [6, 6.07) is 7.72. The van der Waals surface area contributed by atoms with Gasteiger partial charge in [0, 0.05) is 11.8 Å². The highest BCUT2D eigenvalue weighted by Gasteiger charge is 2.03. The topological polar surface area (TPSA) is 38.3 Å². The molecule has 1 aromatic rings. The Labute approximate surface area is 93.4 Å². The van der Waals surface area contributed by atoms with E-state index in [2.05, 4.69) is 4.72 Å². The Morgan fingerprint density at radius 1 is 1.33 bits per heavy atom. The number of hydrogen-bond donors (Lipinski definition) is 1. The van der Waals surface area contributed by atoms with Crippen molar-refractivity contribution in [2.75, 3.05) is 7.11 Å². The lowest BCUT2D eigenvalue weighted by molar-refractivity contribution is 0.414. The van der Waals surface area contributed by atoms with Crippen molar-refractivity contribution in [2.45, 2.75) is 25.6 Å². The lowest BCUT2D eigenvalue weighted by Crippen LogP contribution is -2.23. The maximum Gasteiger partial charge on any atom is 0.118 e. The Morgan fingerprint density at radius 2 is 1.93 bits per heavy atom. The number of nitrogens with one attached hydrogen (secondary N) is 1. The first-order valence-electron chi connectivity index (χ1n) is 4.90. The van der Waals surface area contributed by atoms with Crippen LogP contribution in [-0.2, 0) is 17.5 Å². The first-order chi connectivity index (χ1) is 7.13. The molecule has 1 atom stereocenters. The van der Waals surface area contributed by atoms with Crippen LogP contribution in [0.4, 0.5) is 0 Å². The zero-order chi connectivity index (χ0) is 11.3. The average molecular weight is 227 g/mol. The minimum absolute atomic E-state index is 0.142. The van der Waals surface area contributed by atoms with Gasteiger partial charge in [0.2, 0.25) is 0 Å². The number of rotatable bonds is 5. The molecule has 0 aliphatic heterocycles. The van der Waals surface area contributed by atoms with Gasteiger partial charge in [-0.25, -0.2) is 8.93 Å². The minimum atomic E-state index is -0.961. The normalized spacial score (nSPS) is 12.8. The fourth-order valence-corrected chi connectivity index (χ4v) is 1.71. The van der Waals surface area contributed by atoms with Crippen molar-refractivity contribution < 1.29 is 8.95 Å². The Morgan fingerprint density at radius 3 is 2.40 bits per heavy atom. The van der Waals surface area contributed by atoms with E-state index in [0.29, 0.717) is 6.54 Å². The quantitative estimate of drug-likeness (QED) is 0.833. The molecule has 15 heavy (non-hydrogen) atoms. The predicted octanol–water partition coefficient (Wildman–Crippen LogP) is 1.86. The molecule has 0 spiro atoms. The Bertz CT molecular complexity index is 322. The molecule has 1 rings (SSSR count). The van der Waals surface area contributed by atoms with Crippen LogP contribution in [0.2, 0.25) is 0 Å². The molecule has 0 aromatic heterocycles. The second kappa shape index (κ2) is 5.88. The fraction of sp³-hybridized carbons (Fsp3) is 0.455. The van der Waals surface area contributed by atoms with Gasteiger partial charge in [0.05, 0.1) is 18.1 Å². The third-order valence-corrected chi connectivity index (χ3v) is 3.29. The van der Waals surface area contributed by atoms with Crippen LogP contribution in [0.15, 0.2) is 24.3 Å². The first-order valence-corrected chi connectivity index (χ1v) is 6.12. The number of ether oxygens (including phenoxy) is 1. The first kappa shape index (κ1) is 12.2. The number of benzene rings is 1. The second-order valence-electron chi connectivity index (χ2n) is 3.52. The van der Waals surface area contributed by atoms with Gasteiger partial charge < -0.3 is 4.74 Å². The molecule has 0 aliphatic rings. The Balaban J connectivity index is 2.47. The van der Waals surface area contributed by atoms with E-state index in [4.69, 9.17) is 4.74 Å². The van der Waals surface area contributed by atoms with Gasteiger partial charge in [0.15, 0.2) is 0 Å². The van der Waals surface area contributed by atoms with E-state index in [-0.39, 0.29) is 5.25 Å². The van der Waals surface area contributed by atoms with Crippen LogP contribution in [0, 0.1) is 0 Å². The smallest absolute Gasteiger partial charge is 0.118 e. The number of methoxy groups -OCH3 is 1. The van der Waals surface area contributed by atoms with E-state index < -0.39 is 11.0 Å². The maximum atomic E-state index is 11.4. The average Bonchev–Trinajstić information content (AvgIpc) is 2.26.